The van der Waals surface area contributed by atoms with Crippen LogP contribution in [-0.2, 0) is 13.0 Å². The predicted molar refractivity (Wildman–Crippen MR) is 92.8 cm³/mol. The van der Waals surface area contributed by atoms with Crippen LogP contribution in [0.15, 0.2) is 42.5 Å². The molecule has 3 rings (SSSR count). The lowest BCUT2D eigenvalue weighted by Gasteiger charge is -2.13. The monoisotopic (exact) mass is 293 g/mol. The molecule has 0 fully saturated rings. The molecule has 0 aliphatic rings. The SMILES string of the molecule is CCc1ccc2c(c1)nc(-c1ccc(CN)cc1)n2C(C)C. The number of nitrogens with two attached hydrogens (primary N) is 1. The fourth-order valence-corrected chi connectivity index (χ4v) is 2.88. The van der Waals surface area contributed by atoms with Crippen LogP contribution in [0.1, 0.15) is 37.9 Å². The Morgan fingerprint density at radius 1 is 1.05 bits per heavy atom. The largest absolute Gasteiger partial charge is 0.326 e. The number of nitrogens with zero attached hydrogens (tertiary/aromatic N) is 2. The number of fused-ring (bicyclic) bond motifs is 1. The second kappa shape index (κ2) is 5.93. The van der Waals surface area contributed by atoms with Crippen LogP contribution in [0.3, 0.4) is 0 Å². The fourth-order valence-electron chi connectivity index (χ4n) is 2.88. The van der Waals surface area contributed by atoms with Gasteiger partial charge < -0.3 is 10.3 Å². The molecule has 0 atom stereocenters. The highest BCUT2D eigenvalue weighted by molar-refractivity contribution is 5.81. The van der Waals surface area contributed by atoms with Crippen LogP contribution < -0.4 is 5.73 Å². The van der Waals surface area contributed by atoms with E-state index in [0.717, 1.165) is 28.9 Å². The van der Waals surface area contributed by atoms with Crippen LogP contribution in [0.4, 0.5) is 0 Å². The van der Waals surface area contributed by atoms with E-state index in [2.05, 4.69) is 67.8 Å². The van der Waals surface area contributed by atoms with Gasteiger partial charge in [0.25, 0.3) is 0 Å². The van der Waals surface area contributed by atoms with Gasteiger partial charge in [-0.2, -0.15) is 0 Å². The van der Waals surface area contributed by atoms with E-state index in [4.69, 9.17) is 10.7 Å². The molecule has 0 aliphatic heterocycles. The number of hydrogen-bond donors (Lipinski definition) is 1. The van der Waals surface area contributed by atoms with E-state index in [9.17, 15) is 0 Å². The van der Waals surface area contributed by atoms with Crippen LogP contribution >= 0.6 is 0 Å². The Hall–Kier alpha value is -2.13. The molecule has 0 bridgehead atoms. The molecule has 114 valence electrons. The van der Waals surface area contributed by atoms with E-state index in [1.807, 2.05) is 0 Å². The third-order valence-corrected chi connectivity index (χ3v) is 4.13. The summed E-state index contributed by atoms with van der Waals surface area (Å²) in [4.78, 5) is 4.90. The summed E-state index contributed by atoms with van der Waals surface area (Å²) in [6, 6.07) is 15.3. The standard InChI is InChI=1S/C19H23N3/c1-4-14-7-10-18-17(11-14)21-19(22(18)13(2)3)16-8-5-15(12-20)6-9-16/h5-11,13H,4,12,20H2,1-3H3. The zero-order chi connectivity index (χ0) is 15.7. The molecule has 0 spiro atoms. The molecule has 0 saturated heterocycles. The first-order valence-corrected chi connectivity index (χ1v) is 7.94. The van der Waals surface area contributed by atoms with Crippen molar-refractivity contribution in [3.8, 4) is 11.4 Å². The fraction of sp³-hybridized carbons (Fsp3) is 0.316. The van der Waals surface area contributed by atoms with Crippen molar-refractivity contribution in [1.29, 1.82) is 0 Å². The Balaban J connectivity index is 2.20. The van der Waals surface area contributed by atoms with Gasteiger partial charge in [0.2, 0.25) is 0 Å². The summed E-state index contributed by atoms with van der Waals surface area (Å²) < 4.78 is 2.31. The van der Waals surface area contributed by atoms with Crippen molar-refractivity contribution in [3.05, 3.63) is 53.6 Å². The van der Waals surface area contributed by atoms with Crippen LogP contribution in [0.25, 0.3) is 22.4 Å². The highest BCUT2D eigenvalue weighted by Crippen LogP contribution is 2.29. The van der Waals surface area contributed by atoms with Gasteiger partial charge in [0.15, 0.2) is 0 Å². The Bertz CT molecular complexity index is 782. The highest BCUT2D eigenvalue weighted by atomic mass is 15.1. The molecule has 3 heteroatoms. The normalized spacial score (nSPS) is 11.5. The van der Waals surface area contributed by atoms with Gasteiger partial charge in [-0.1, -0.05) is 37.3 Å². The summed E-state index contributed by atoms with van der Waals surface area (Å²) in [5.41, 5.74) is 11.6. The maximum Gasteiger partial charge on any atom is 0.141 e. The number of hydrogen-bond acceptors (Lipinski definition) is 2. The van der Waals surface area contributed by atoms with Crippen molar-refractivity contribution in [2.45, 2.75) is 39.8 Å². The van der Waals surface area contributed by atoms with Crippen molar-refractivity contribution >= 4 is 11.0 Å². The molecule has 0 saturated carbocycles. The number of benzene rings is 2. The molecule has 2 N–H and O–H groups in total. The van der Waals surface area contributed by atoms with Crippen molar-refractivity contribution in [1.82, 2.24) is 9.55 Å². The minimum absolute atomic E-state index is 0.363. The van der Waals surface area contributed by atoms with E-state index in [-0.39, 0.29) is 0 Å². The summed E-state index contributed by atoms with van der Waals surface area (Å²) in [6.07, 6.45) is 1.03. The minimum atomic E-state index is 0.363. The van der Waals surface area contributed by atoms with E-state index >= 15 is 0 Å². The molecular formula is C19H23N3. The van der Waals surface area contributed by atoms with Gasteiger partial charge in [0.05, 0.1) is 11.0 Å². The van der Waals surface area contributed by atoms with Gasteiger partial charge in [0, 0.05) is 18.2 Å². The quantitative estimate of drug-likeness (QED) is 0.779. The second-order valence-corrected chi connectivity index (χ2v) is 5.98. The topological polar surface area (TPSA) is 43.8 Å². The molecule has 0 amide bonds. The Kier molecular flexibility index (Phi) is 3.99. The lowest BCUT2D eigenvalue weighted by molar-refractivity contribution is 0.624. The molecule has 3 nitrogen and oxygen atoms in total. The maximum absolute atomic E-state index is 5.69. The first kappa shape index (κ1) is 14.8. The number of rotatable bonds is 4. The lowest BCUT2D eigenvalue weighted by Crippen LogP contribution is -2.03. The number of imidazole rings is 1. The summed E-state index contributed by atoms with van der Waals surface area (Å²) in [7, 11) is 0. The second-order valence-electron chi connectivity index (χ2n) is 5.98. The van der Waals surface area contributed by atoms with Crippen molar-refractivity contribution < 1.29 is 0 Å². The van der Waals surface area contributed by atoms with Gasteiger partial charge in [-0.3, -0.25) is 0 Å². The molecule has 0 aliphatic carbocycles. The molecule has 22 heavy (non-hydrogen) atoms. The molecule has 1 aromatic heterocycles. The van der Waals surface area contributed by atoms with E-state index in [0.29, 0.717) is 12.6 Å². The molecule has 1 heterocycles. The third kappa shape index (κ3) is 2.53. The summed E-state index contributed by atoms with van der Waals surface area (Å²) in [6.45, 7) is 7.15. The smallest absolute Gasteiger partial charge is 0.141 e. The summed E-state index contributed by atoms with van der Waals surface area (Å²) in [5.74, 6) is 1.03. The van der Waals surface area contributed by atoms with Gasteiger partial charge >= 0.3 is 0 Å². The number of aryl methyl sites for hydroxylation is 1. The van der Waals surface area contributed by atoms with Crippen LogP contribution in [0.2, 0.25) is 0 Å². The maximum atomic E-state index is 5.69. The van der Waals surface area contributed by atoms with Crippen molar-refractivity contribution in [2.24, 2.45) is 5.73 Å². The average Bonchev–Trinajstić information content (AvgIpc) is 2.93. The first-order valence-electron chi connectivity index (χ1n) is 7.94. The molecule has 3 aromatic rings. The number of aromatic nitrogens is 2. The summed E-state index contributed by atoms with van der Waals surface area (Å²) in [5, 5.41) is 0. The zero-order valence-corrected chi connectivity index (χ0v) is 13.5. The predicted octanol–water partition coefficient (Wildman–Crippen LogP) is 4.31. The van der Waals surface area contributed by atoms with Crippen molar-refractivity contribution in [2.75, 3.05) is 0 Å². The van der Waals surface area contributed by atoms with Gasteiger partial charge in [-0.15, -0.1) is 0 Å². The van der Waals surface area contributed by atoms with Crippen LogP contribution in [0.5, 0.6) is 0 Å². The Morgan fingerprint density at radius 3 is 2.32 bits per heavy atom. The van der Waals surface area contributed by atoms with Gasteiger partial charge in [-0.05, 0) is 43.5 Å². The van der Waals surface area contributed by atoms with E-state index in [1.165, 1.54) is 11.1 Å². The Morgan fingerprint density at radius 2 is 1.73 bits per heavy atom. The van der Waals surface area contributed by atoms with Crippen LogP contribution in [-0.4, -0.2) is 9.55 Å². The summed E-state index contributed by atoms with van der Waals surface area (Å²) >= 11 is 0. The molecule has 0 unspecified atom stereocenters. The molecule has 0 radical (unpaired) electrons. The molecule has 2 aromatic carbocycles. The minimum Gasteiger partial charge on any atom is -0.326 e. The zero-order valence-electron chi connectivity index (χ0n) is 13.5. The van der Waals surface area contributed by atoms with Crippen LogP contribution in [0, 0.1) is 0 Å². The average molecular weight is 293 g/mol. The van der Waals surface area contributed by atoms with E-state index in [1.54, 1.807) is 0 Å². The van der Waals surface area contributed by atoms with Gasteiger partial charge in [0.1, 0.15) is 5.82 Å². The Labute approximate surface area is 131 Å². The van der Waals surface area contributed by atoms with Crippen molar-refractivity contribution in [3.63, 3.8) is 0 Å². The molecular weight excluding hydrogens is 270 g/mol. The first-order chi connectivity index (χ1) is 10.6. The van der Waals surface area contributed by atoms with Gasteiger partial charge in [-0.25, -0.2) is 4.98 Å². The lowest BCUT2D eigenvalue weighted by atomic mass is 10.1. The highest BCUT2D eigenvalue weighted by Gasteiger charge is 2.15. The van der Waals surface area contributed by atoms with E-state index < -0.39 is 0 Å². The third-order valence-electron chi connectivity index (χ3n) is 4.13.